The minimum Gasteiger partial charge on any atom is -0.490 e. The molecule has 0 fully saturated rings. The zero-order chi connectivity index (χ0) is 14.8. The molecule has 0 aliphatic carbocycles. The molecule has 1 aliphatic rings. The summed E-state index contributed by atoms with van der Waals surface area (Å²) in [5.41, 5.74) is 1.40. The van der Waals surface area contributed by atoms with E-state index in [2.05, 4.69) is 38.6 Å². The Morgan fingerprint density at radius 3 is 3.10 bits per heavy atom. The second kappa shape index (κ2) is 5.89. The van der Waals surface area contributed by atoms with Crippen molar-refractivity contribution in [2.24, 2.45) is 0 Å². The maximum absolute atomic E-state index is 5.57. The van der Waals surface area contributed by atoms with Crippen molar-refractivity contribution in [3.8, 4) is 5.75 Å². The van der Waals surface area contributed by atoms with Crippen molar-refractivity contribution < 1.29 is 4.74 Å². The molecule has 2 aromatic rings. The van der Waals surface area contributed by atoms with Crippen molar-refractivity contribution in [1.29, 1.82) is 0 Å². The minimum atomic E-state index is 0.304. The van der Waals surface area contributed by atoms with Crippen molar-refractivity contribution in [2.45, 2.75) is 26.3 Å². The number of nitrogens with one attached hydrogen (secondary N) is 1. The van der Waals surface area contributed by atoms with E-state index in [1.165, 1.54) is 10.4 Å². The molecule has 5 nitrogen and oxygen atoms in total. The van der Waals surface area contributed by atoms with Crippen molar-refractivity contribution >= 4 is 23.0 Å². The van der Waals surface area contributed by atoms with Gasteiger partial charge in [-0.25, -0.2) is 9.97 Å². The molecule has 0 radical (unpaired) electrons. The van der Waals surface area contributed by atoms with Crippen molar-refractivity contribution in [3.05, 3.63) is 28.2 Å². The van der Waals surface area contributed by atoms with Crippen LogP contribution in [0, 0.1) is 0 Å². The van der Waals surface area contributed by atoms with Gasteiger partial charge in [-0.3, -0.25) is 0 Å². The van der Waals surface area contributed by atoms with Gasteiger partial charge in [0.25, 0.3) is 0 Å². The summed E-state index contributed by atoms with van der Waals surface area (Å²) < 4.78 is 5.57. The number of aromatic nitrogens is 2. The number of methoxy groups -OCH3 is 1. The second-order valence-corrected chi connectivity index (χ2v) is 6.03. The first-order valence-electron chi connectivity index (χ1n) is 7.22. The molecule has 112 valence electrons. The molecule has 0 amide bonds. The average molecular weight is 304 g/mol. The van der Waals surface area contributed by atoms with Gasteiger partial charge in [0.05, 0.1) is 13.2 Å². The zero-order valence-electron chi connectivity index (χ0n) is 12.6. The average Bonchev–Trinajstić information content (AvgIpc) is 2.97. The lowest BCUT2D eigenvalue weighted by Gasteiger charge is -2.35. The van der Waals surface area contributed by atoms with E-state index in [0.29, 0.717) is 6.04 Å². The molecule has 1 N–H and O–H groups in total. The van der Waals surface area contributed by atoms with E-state index in [0.717, 1.165) is 36.9 Å². The van der Waals surface area contributed by atoms with E-state index in [9.17, 15) is 0 Å². The van der Waals surface area contributed by atoms with Crippen LogP contribution in [0.5, 0.6) is 5.75 Å². The Morgan fingerprint density at radius 2 is 2.33 bits per heavy atom. The molecule has 0 saturated heterocycles. The predicted octanol–water partition coefficient (Wildman–Crippen LogP) is 3.10. The van der Waals surface area contributed by atoms with Gasteiger partial charge in [-0.2, -0.15) is 0 Å². The van der Waals surface area contributed by atoms with Crippen LogP contribution in [0.3, 0.4) is 0 Å². The van der Waals surface area contributed by atoms with Crippen LogP contribution in [0.2, 0.25) is 0 Å². The number of anilines is 2. The van der Waals surface area contributed by atoms with E-state index in [1.807, 2.05) is 18.3 Å². The summed E-state index contributed by atoms with van der Waals surface area (Å²) in [4.78, 5) is 12.5. The highest BCUT2D eigenvalue weighted by Gasteiger charge is 2.28. The van der Waals surface area contributed by atoms with Crippen molar-refractivity contribution in [2.75, 3.05) is 30.4 Å². The van der Waals surface area contributed by atoms with E-state index in [4.69, 9.17) is 4.74 Å². The minimum absolute atomic E-state index is 0.304. The molecule has 6 heteroatoms. The predicted molar refractivity (Wildman–Crippen MR) is 86.5 cm³/mol. The Bertz CT molecular complexity index is 628. The SMILES string of the molecule is CCNc1ncnc(N2CCc3sccc3C2C)c1OC. The van der Waals surface area contributed by atoms with Crippen LogP contribution in [0.4, 0.5) is 11.6 Å². The quantitative estimate of drug-likeness (QED) is 0.940. The molecule has 1 atom stereocenters. The van der Waals surface area contributed by atoms with Gasteiger partial charge in [0.1, 0.15) is 6.33 Å². The summed E-state index contributed by atoms with van der Waals surface area (Å²) in [6.45, 7) is 6.02. The maximum atomic E-state index is 5.57. The van der Waals surface area contributed by atoms with Gasteiger partial charge in [-0.1, -0.05) is 0 Å². The van der Waals surface area contributed by atoms with Crippen LogP contribution in [0.15, 0.2) is 17.8 Å². The zero-order valence-corrected chi connectivity index (χ0v) is 13.4. The maximum Gasteiger partial charge on any atom is 0.204 e. The number of ether oxygens (including phenoxy) is 1. The molecule has 0 saturated carbocycles. The summed E-state index contributed by atoms with van der Waals surface area (Å²) in [5.74, 6) is 2.35. The molecular formula is C15H20N4OS. The molecule has 1 aliphatic heterocycles. The standard InChI is InChI=1S/C15H20N4OS/c1-4-16-14-13(20-3)15(18-9-17-14)19-7-5-12-11(10(19)2)6-8-21-12/h6,8-10H,4-5,7H2,1-3H3,(H,16,17,18). The van der Waals surface area contributed by atoms with Gasteiger partial charge < -0.3 is 15.0 Å². The van der Waals surface area contributed by atoms with E-state index in [1.54, 1.807) is 13.4 Å². The molecule has 0 aromatic carbocycles. The summed E-state index contributed by atoms with van der Waals surface area (Å²) in [7, 11) is 1.67. The second-order valence-electron chi connectivity index (χ2n) is 5.03. The summed E-state index contributed by atoms with van der Waals surface area (Å²) in [6.07, 6.45) is 2.66. The fourth-order valence-corrected chi connectivity index (χ4v) is 3.81. The van der Waals surface area contributed by atoms with E-state index >= 15 is 0 Å². The fourth-order valence-electron chi connectivity index (χ4n) is 2.85. The molecule has 3 heterocycles. The summed E-state index contributed by atoms with van der Waals surface area (Å²) in [6, 6.07) is 2.52. The third kappa shape index (κ3) is 2.44. The molecule has 2 aromatic heterocycles. The van der Waals surface area contributed by atoms with Crippen molar-refractivity contribution in [1.82, 2.24) is 9.97 Å². The van der Waals surface area contributed by atoms with Crippen LogP contribution >= 0.6 is 11.3 Å². The van der Waals surface area contributed by atoms with Gasteiger partial charge in [-0.05, 0) is 37.3 Å². The Hall–Kier alpha value is -1.82. The highest BCUT2D eigenvalue weighted by atomic mass is 32.1. The number of nitrogens with zero attached hydrogens (tertiary/aromatic N) is 3. The topological polar surface area (TPSA) is 50.3 Å². The molecule has 3 rings (SSSR count). The summed E-state index contributed by atoms with van der Waals surface area (Å²) in [5, 5.41) is 5.41. The molecular weight excluding hydrogens is 284 g/mol. The van der Waals surface area contributed by atoms with Crippen LogP contribution in [0.25, 0.3) is 0 Å². The van der Waals surface area contributed by atoms with Gasteiger partial charge in [0, 0.05) is 18.0 Å². The normalized spacial score (nSPS) is 17.5. The highest BCUT2D eigenvalue weighted by molar-refractivity contribution is 7.10. The Balaban J connectivity index is 1.99. The van der Waals surface area contributed by atoms with Crippen LogP contribution in [-0.4, -0.2) is 30.2 Å². The van der Waals surface area contributed by atoms with Gasteiger partial charge in [-0.15, -0.1) is 11.3 Å². The summed E-state index contributed by atoms with van der Waals surface area (Å²) >= 11 is 1.84. The third-order valence-corrected chi connectivity index (χ3v) is 4.88. The Labute approximate surface area is 129 Å². The van der Waals surface area contributed by atoms with Crippen molar-refractivity contribution in [3.63, 3.8) is 0 Å². The number of thiophene rings is 1. The van der Waals surface area contributed by atoms with Gasteiger partial charge >= 0.3 is 0 Å². The Kier molecular flexibility index (Phi) is 3.96. The molecule has 1 unspecified atom stereocenters. The van der Waals surface area contributed by atoms with Crippen LogP contribution in [0.1, 0.15) is 30.3 Å². The van der Waals surface area contributed by atoms with Crippen LogP contribution in [-0.2, 0) is 6.42 Å². The molecule has 0 bridgehead atoms. The van der Waals surface area contributed by atoms with E-state index in [-0.39, 0.29) is 0 Å². The first-order valence-corrected chi connectivity index (χ1v) is 8.10. The van der Waals surface area contributed by atoms with Crippen LogP contribution < -0.4 is 15.0 Å². The highest BCUT2D eigenvalue weighted by Crippen LogP contribution is 2.40. The largest absolute Gasteiger partial charge is 0.490 e. The Morgan fingerprint density at radius 1 is 1.48 bits per heavy atom. The number of hydrogen-bond acceptors (Lipinski definition) is 6. The first-order chi connectivity index (χ1) is 10.3. The fraction of sp³-hybridized carbons (Fsp3) is 0.467. The lowest BCUT2D eigenvalue weighted by molar-refractivity contribution is 0.410. The smallest absolute Gasteiger partial charge is 0.204 e. The number of fused-ring (bicyclic) bond motifs is 1. The lowest BCUT2D eigenvalue weighted by atomic mass is 10.0. The number of hydrogen-bond donors (Lipinski definition) is 1. The lowest BCUT2D eigenvalue weighted by Crippen LogP contribution is -2.34. The van der Waals surface area contributed by atoms with E-state index < -0.39 is 0 Å². The molecule has 21 heavy (non-hydrogen) atoms. The van der Waals surface area contributed by atoms with Gasteiger partial charge in [0.15, 0.2) is 11.6 Å². The van der Waals surface area contributed by atoms with Gasteiger partial charge in [0.2, 0.25) is 5.75 Å². The molecule has 0 spiro atoms. The third-order valence-electron chi connectivity index (χ3n) is 3.88. The first kappa shape index (κ1) is 14.1. The number of rotatable bonds is 4. The monoisotopic (exact) mass is 304 g/mol.